The molecule has 0 unspecified atom stereocenters. The first-order valence-electron chi connectivity index (χ1n) is 5.63. The monoisotopic (exact) mass is 235 g/mol. The van der Waals surface area contributed by atoms with Crippen molar-refractivity contribution in [1.82, 2.24) is 24.9 Å². The Bertz CT molecular complexity index is 569. The summed E-state index contributed by atoms with van der Waals surface area (Å²) in [5.41, 5.74) is 0.224. The van der Waals surface area contributed by atoms with Crippen LogP contribution in [0, 0.1) is 0 Å². The normalized spacial score (nSPS) is 20.6. The zero-order valence-electron chi connectivity index (χ0n) is 9.22. The van der Waals surface area contributed by atoms with E-state index in [2.05, 4.69) is 20.5 Å². The van der Waals surface area contributed by atoms with Crippen molar-refractivity contribution in [2.24, 2.45) is 0 Å². The molecular formula is C10H13N5O2. The maximum absolute atomic E-state index is 11.2. The summed E-state index contributed by atoms with van der Waals surface area (Å²) in [5, 5.41) is 9.49. The third-order valence-corrected chi connectivity index (χ3v) is 2.82. The molecule has 17 heavy (non-hydrogen) atoms. The van der Waals surface area contributed by atoms with Crippen LogP contribution in [0.5, 0.6) is 5.88 Å². The topological polar surface area (TPSA) is 84.3 Å². The highest BCUT2D eigenvalue weighted by Crippen LogP contribution is 2.13. The van der Waals surface area contributed by atoms with Gasteiger partial charge in [0.2, 0.25) is 5.88 Å². The third kappa shape index (κ3) is 2.01. The van der Waals surface area contributed by atoms with Gasteiger partial charge in [-0.3, -0.25) is 0 Å². The predicted molar refractivity (Wildman–Crippen MR) is 60.1 cm³/mol. The lowest BCUT2D eigenvalue weighted by Gasteiger charge is -2.23. The molecule has 0 bridgehead atoms. The van der Waals surface area contributed by atoms with Crippen LogP contribution in [0.2, 0.25) is 0 Å². The van der Waals surface area contributed by atoms with Crippen LogP contribution < -0.4 is 15.7 Å². The third-order valence-electron chi connectivity index (χ3n) is 2.82. The summed E-state index contributed by atoms with van der Waals surface area (Å²) >= 11 is 0. The van der Waals surface area contributed by atoms with Crippen LogP contribution >= 0.6 is 0 Å². The van der Waals surface area contributed by atoms with Crippen LogP contribution in [0.3, 0.4) is 0 Å². The van der Waals surface area contributed by atoms with Gasteiger partial charge in [0.15, 0.2) is 5.65 Å². The lowest BCUT2D eigenvalue weighted by molar-refractivity contribution is 0.160. The van der Waals surface area contributed by atoms with Crippen LogP contribution in [-0.2, 0) is 0 Å². The molecule has 1 saturated heterocycles. The number of nitrogens with one attached hydrogen (secondary N) is 2. The Hall–Kier alpha value is -1.89. The predicted octanol–water partition coefficient (Wildman–Crippen LogP) is -0.452. The molecule has 2 aromatic heterocycles. The average molecular weight is 235 g/mol. The summed E-state index contributed by atoms with van der Waals surface area (Å²) in [6.45, 7) is 1.88. The number of H-pyrrole nitrogens is 1. The van der Waals surface area contributed by atoms with Crippen molar-refractivity contribution in [3.8, 4) is 5.88 Å². The van der Waals surface area contributed by atoms with Gasteiger partial charge in [-0.15, -0.1) is 0 Å². The van der Waals surface area contributed by atoms with Crippen molar-refractivity contribution in [2.45, 2.75) is 18.9 Å². The van der Waals surface area contributed by atoms with Crippen LogP contribution in [0.1, 0.15) is 12.8 Å². The Labute approximate surface area is 96.8 Å². The van der Waals surface area contributed by atoms with Gasteiger partial charge in [-0.2, -0.15) is 5.10 Å². The second-order valence-corrected chi connectivity index (χ2v) is 4.07. The fourth-order valence-electron chi connectivity index (χ4n) is 1.95. The van der Waals surface area contributed by atoms with E-state index >= 15 is 0 Å². The SMILES string of the molecule is O=c1[nH]nc2cc(O[C@H]3CCCNC3)ncn12. The molecule has 3 heterocycles. The van der Waals surface area contributed by atoms with E-state index in [1.54, 1.807) is 6.07 Å². The number of hydrogen-bond donors (Lipinski definition) is 2. The number of hydrogen-bond acceptors (Lipinski definition) is 5. The number of nitrogens with zero attached hydrogens (tertiary/aromatic N) is 3. The number of piperidine rings is 1. The molecule has 0 amide bonds. The van der Waals surface area contributed by atoms with E-state index in [0.29, 0.717) is 11.5 Å². The van der Waals surface area contributed by atoms with Gasteiger partial charge in [0.05, 0.1) is 0 Å². The molecule has 1 aliphatic heterocycles. The Morgan fingerprint density at radius 2 is 2.47 bits per heavy atom. The standard InChI is InChI=1S/C10H13N5O2/c16-10-14-13-8-4-9(12-6-15(8)10)17-7-2-1-3-11-5-7/h4,6-7,11H,1-3,5H2,(H,14,16)/t7-/m0/s1. The van der Waals surface area contributed by atoms with Gasteiger partial charge < -0.3 is 10.1 Å². The van der Waals surface area contributed by atoms with Gasteiger partial charge in [0.25, 0.3) is 0 Å². The van der Waals surface area contributed by atoms with Crippen LogP contribution in [0.4, 0.5) is 0 Å². The zero-order valence-corrected chi connectivity index (χ0v) is 9.22. The molecule has 7 heteroatoms. The molecule has 1 aliphatic rings. The van der Waals surface area contributed by atoms with E-state index in [1.165, 1.54) is 10.7 Å². The van der Waals surface area contributed by atoms with Gasteiger partial charge in [0, 0.05) is 12.6 Å². The van der Waals surface area contributed by atoms with Crippen molar-refractivity contribution in [3.05, 3.63) is 22.9 Å². The van der Waals surface area contributed by atoms with Gasteiger partial charge in [-0.05, 0) is 19.4 Å². The minimum atomic E-state index is -0.293. The molecule has 2 aromatic rings. The molecule has 1 atom stereocenters. The van der Waals surface area contributed by atoms with Gasteiger partial charge in [0.1, 0.15) is 12.4 Å². The van der Waals surface area contributed by atoms with Crippen molar-refractivity contribution in [1.29, 1.82) is 0 Å². The second kappa shape index (κ2) is 4.17. The molecule has 7 nitrogen and oxygen atoms in total. The molecule has 0 aliphatic carbocycles. The van der Waals surface area contributed by atoms with E-state index in [9.17, 15) is 4.79 Å². The van der Waals surface area contributed by atoms with Crippen LogP contribution in [0.25, 0.3) is 5.65 Å². The highest BCUT2D eigenvalue weighted by Gasteiger charge is 2.15. The Morgan fingerprint density at radius 3 is 3.29 bits per heavy atom. The average Bonchev–Trinajstić information content (AvgIpc) is 2.72. The van der Waals surface area contributed by atoms with E-state index in [1.807, 2.05) is 0 Å². The molecule has 3 rings (SSSR count). The molecule has 0 spiro atoms. The molecular weight excluding hydrogens is 222 g/mol. The van der Waals surface area contributed by atoms with Gasteiger partial charge in [-0.1, -0.05) is 0 Å². The van der Waals surface area contributed by atoms with Crippen molar-refractivity contribution >= 4 is 5.65 Å². The first kappa shape index (κ1) is 10.3. The molecule has 90 valence electrons. The summed E-state index contributed by atoms with van der Waals surface area (Å²) < 4.78 is 7.07. The highest BCUT2D eigenvalue weighted by molar-refractivity contribution is 5.39. The first-order chi connectivity index (χ1) is 8.33. The smallest absolute Gasteiger partial charge is 0.348 e. The lowest BCUT2D eigenvalue weighted by Crippen LogP contribution is -2.37. The summed E-state index contributed by atoms with van der Waals surface area (Å²) in [6, 6.07) is 1.66. The Morgan fingerprint density at radius 1 is 1.53 bits per heavy atom. The van der Waals surface area contributed by atoms with Crippen LogP contribution in [0.15, 0.2) is 17.2 Å². The van der Waals surface area contributed by atoms with Crippen molar-refractivity contribution < 1.29 is 4.74 Å². The molecule has 0 radical (unpaired) electrons. The number of aromatic amines is 1. The number of rotatable bonds is 2. The maximum Gasteiger partial charge on any atom is 0.348 e. The van der Waals surface area contributed by atoms with Crippen molar-refractivity contribution in [3.63, 3.8) is 0 Å². The summed E-state index contributed by atoms with van der Waals surface area (Å²) in [4.78, 5) is 15.3. The number of ether oxygens (including phenoxy) is 1. The second-order valence-electron chi connectivity index (χ2n) is 4.07. The van der Waals surface area contributed by atoms with E-state index in [-0.39, 0.29) is 11.8 Å². The van der Waals surface area contributed by atoms with Gasteiger partial charge >= 0.3 is 5.69 Å². The lowest BCUT2D eigenvalue weighted by atomic mass is 10.1. The largest absolute Gasteiger partial charge is 0.473 e. The van der Waals surface area contributed by atoms with Gasteiger partial charge in [-0.25, -0.2) is 19.3 Å². The molecule has 0 aromatic carbocycles. The minimum absolute atomic E-state index is 0.143. The number of fused-ring (bicyclic) bond motifs is 1. The zero-order chi connectivity index (χ0) is 11.7. The van der Waals surface area contributed by atoms with E-state index < -0.39 is 0 Å². The Kier molecular flexibility index (Phi) is 2.52. The van der Waals surface area contributed by atoms with Crippen LogP contribution in [-0.4, -0.2) is 38.8 Å². The first-order valence-corrected chi connectivity index (χ1v) is 5.63. The maximum atomic E-state index is 11.2. The fraction of sp³-hybridized carbons (Fsp3) is 0.500. The molecule has 1 fully saturated rings. The Balaban J connectivity index is 1.82. The number of aromatic nitrogens is 4. The quantitative estimate of drug-likeness (QED) is 0.736. The summed E-state index contributed by atoms with van der Waals surface area (Å²) in [5.74, 6) is 0.505. The summed E-state index contributed by atoms with van der Waals surface area (Å²) in [6.07, 6.45) is 3.69. The molecule has 2 N–H and O–H groups in total. The van der Waals surface area contributed by atoms with E-state index in [0.717, 1.165) is 25.9 Å². The minimum Gasteiger partial charge on any atom is -0.473 e. The fourth-order valence-corrected chi connectivity index (χ4v) is 1.95. The molecule has 0 saturated carbocycles. The van der Waals surface area contributed by atoms with Crippen molar-refractivity contribution in [2.75, 3.05) is 13.1 Å². The van der Waals surface area contributed by atoms with E-state index in [4.69, 9.17) is 4.74 Å². The highest BCUT2D eigenvalue weighted by atomic mass is 16.5. The summed E-state index contributed by atoms with van der Waals surface area (Å²) in [7, 11) is 0.